The van der Waals surface area contributed by atoms with Gasteiger partial charge in [-0.25, -0.2) is 4.79 Å². The summed E-state index contributed by atoms with van der Waals surface area (Å²) in [6, 6.07) is 0. The number of carbonyl (C=O) groups excluding carboxylic acids is 4. The Bertz CT molecular complexity index is 808. The molecule has 0 N–H and O–H groups in total. The Morgan fingerprint density at radius 2 is 0.731 bits per heavy atom. The van der Waals surface area contributed by atoms with E-state index in [9.17, 15) is 19.2 Å². The van der Waals surface area contributed by atoms with Gasteiger partial charge in [-0.2, -0.15) is 35.3 Å². The summed E-state index contributed by atoms with van der Waals surface area (Å²) in [6.45, 7) is 9.16. The van der Waals surface area contributed by atoms with Gasteiger partial charge in [0.25, 0.3) is 0 Å². The third-order valence-electron chi connectivity index (χ3n) is 8.58. The largest absolute Gasteiger partial charge is 0.465 e. The lowest BCUT2D eigenvalue weighted by atomic mass is 9.92. The molecular formula is C41H74O8S3. The van der Waals surface area contributed by atoms with Gasteiger partial charge in [-0.3, -0.25) is 14.4 Å². The lowest BCUT2D eigenvalue weighted by Crippen LogP contribution is -2.44. The maximum atomic E-state index is 12.8. The molecule has 0 radical (unpaired) electrons. The standard InChI is InChI=1S/C41H74O8S3/c1-5-9-12-15-18-21-27-50-30-24-38(43)47-34-41(33-46-37(42)8-4,35-48-39(44)25-31-51-28-22-19-16-13-10-6-2)36-49-40(45)26-32-52-29-23-20-17-14-11-7-3/h8H,4-7,9-36H2,1-3H3. The molecule has 0 spiro atoms. The SMILES string of the molecule is C=CC(=O)OCC(COC(=O)CCSCCCCCCCC)(COC(=O)CCSCCCCCCCC)COC(=O)CCSCCCCCCCC. The van der Waals surface area contributed by atoms with Crippen molar-refractivity contribution in [2.45, 2.75) is 156 Å². The maximum Gasteiger partial charge on any atom is 0.330 e. The molecule has 0 rings (SSSR count). The van der Waals surface area contributed by atoms with Crippen molar-refractivity contribution in [2.75, 3.05) is 60.9 Å². The number of ether oxygens (including phenoxy) is 4. The number of carbonyl (C=O) groups is 4. The highest BCUT2D eigenvalue weighted by atomic mass is 32.2. The van der Waals surface area contributed by atoms with E-state index < -0.39 is 29.3 Å². The van der Waals surface area contributed by atoms with Crippen molar-refractivity contribution in [1.82, 2.24) is 0 Å². The Morgan fingerprint density at radius 1 is 0.442 bits per heavy atom. The van der Waals surface area contributed by atoms with E-state index in [-0.39, 0.29) is 45.7 Å². The van der Waals surface area contributed by atoms with Crippen molar-refractivity contribution >= 4 is 59.2 Å². The lowest BCUT2D eigenvalue weighted by molar-refractivity contribution is -0.168. The molecule has 8 nitrogen and oxygen atoms in total. The minimum Gasteiger partial charge on any atom is -0.465 e. The summed E-state index contributed by atoms with van der Waals surface area (Å²) in [7, 11) is 0. The van der Waals surface area contributed by atoms with Crippen molar-refractivity contribution in [3.8, 4) is 0 Å². The van der Waals surface area contributed by atoms with Gasteiger partial charge in [0.1, 0.15) is 31.8 Å². The molecule has 0 aromatic rings. The van der Waals surface area contributed by atoms with Crippen molar-refractivity contribution in [3.05, 3.63) is 12.7 Å². The van der Waals surface area contributed by atoms with Gasteiger partial charge in [-0.1, -0.05) is 124 Å². The molecule has 0 aliphatic carbocycles. The van der Waals surface area contributed by atoms with E-state index in [4.69, 9.17) is 18.9 Å². The topological polar surface area (TPSA) is 105 Å². The van der Waals surface area contributed by atoms with Crippen LogP contribution in [0.4, 0.5) is 0 Å². The van der Waals surface area contributed by atoms with Crippen LogP contribution in [0.1, 0.15) is 156 Å². The van der Waals surface area contributed by atoms with Crippen LogP contribution in [0.3, 0.4) is 0 Å². The monoisotopic (exact) mass is 790 g/mol. The lowest BCUT2D eigenvalue weighted by Gasteiger charge is -2.31. The first-order valence-electron chi connectivity index (χ1n) is 20.3. The van der Waals surface area contributed by atoms with Crippen molar-refractivity contribution < 1.29 is 38.1 Å². The van der Waals surface area contributed by atoms with Crippen LogP contribution in [-0.4, -0.2) is 84.8 Å². The van der Waals surface area contributed by atoms with Gasteiger partial charge in [0.2, 0.25) is 0 Å². The molecule has 0 atom stereocenters. The van der Waals surface area contributed by atoms with Crippen LogP contribution in [0, 0.1) is 5.41 Å². The predicted octanol–water partition coefficient (Wildman–Crippen LogP) is 10.8. The van der Waals surface area contributed by atoms with E-state index in [0.717, 1.165) is 42.6 Å². The van der Waals surface area contributed by atoms with Crippen LogP contribution >= 0.6 is 35.3 Å². The highest BCUT2D eigenvalue weighted by Crippen LogP contribution is 2.23. The number of hydrogen-bond acceptors (Lipinski definition) is 11. The molecule has 0 aliphatic heterocycles. The number of hydrogen-bond donors (Lipinski definition) is 0. The molecule has 0 unspecified atom stereocenters. The summed E-state index contributed by atoms with van der Waals surface area (Å²) < 4.78 is 22.4. The number of thioether (sulfide) groups is 3. The summed E-state index contributed by atoms with van der Waals surface area (Å²) in [4.78, 5) is 50.5. The Kier molecular flexibility index (Phi) is 37.0. The Balaban J connectivity index is 5.12. The van der Waals surface area contributed by atoms with E-state index >= 15 is 0 Å². The molecule has 304 valence electrons. The highest BCUT2D eigenvalue weighted by Gasteiger charge is 2.37. The van der Waals surface area contributed by atoms with Crippen LogP contribution in [0.25, 0.3) is 0 Å². The van der Waals surface area contributed by atoms with Gasteiger partial charge in [0.15, 0.2) is 0 Å². The fraction of sp³-hybridized carbons (Fsp3) is 0.854. The van der Waals surface area contributed by atoms with Gasteiger partial charge < -0.3 is 18.9 Å². The molecular weight excluding hydrogens is 717 g/mol. The first kappa shape index (κ1) is 50.7. The molecule has 0 fully saturated rings. The third-order valence-corrected chi connectivity index (χ3v) is 11.8. The van der Waals surface area contributed by atoms with E-state index in [1.807, 2.05) is 0 Å². The second-order valence-electron chi connectivity index (χ2n) is 13.7. The summed E-state index contributed by atoms with van der Waals surface area (Å²) in [5.74, 6) is 3.06. The Hall–Kier alpha value is -1.33. The Morgan fingerprint density at radius 3 is 1.04 bits per heavy atom. The third kappa shape index (κ3) is 33.3. The normalized spacial score (nSPS) is 11.3. The number of unbranched alkanes of at least 4 members (excludes halogenated alkanes) is 15. The van der Waals surface area contributed by atoms with E-state index in [1.54, 1.807) is 35.3 Å². The Labute approximate surface area is 330 Å². The maximum absolute atomic E-state index is 12.8. The van der Waals surface area contributed by atoms with Crippen LogP contribution in [0.2, 0.25) is 0 Å². The zero-order valence-electron chi connectivity index (χ0n) is 33.2. The molecule has 11 heteroatoms. The summed E-state index contributed by atoms with van der Waals surface area (Å²) in [5.41, 5.74) is -1.25. The van der Waals surface area contributed by atoms with Gasteiger partial charge in [-0.05, 0) is 36.5 Å². The van der Waals surface area contributed by atoms with E-state index in [0.29, 0.717) is 17.3 Å². The molecule has 0 saturated heterocycles. The second kappa shape index (κ2) is 38.0. The van der Waals surface area contributed by atoms with Crippen molar-refractivity contribution in [1.29, 1.82) is 0 Å². The molecule has 0 amide bonds. The fourth-order valence-corrected chi connectivity index (χ4v) is 7.95. The van der Waals surface area contributed by atoms with Crippen LogP contribution < -0.4 is 0 Å². The number of rotatable bonds is 39. The van der Waals surface area contributed by atoms with Crippen LogP contribution in [0.15, 0.2) is 12.7 Å². The molecule has 0 bridgehead atoms. The fourth-order valence-electron chi connectivity index (χ4n) is 5.18. The molecule has 52 heavy (non-hydrogen) atoms. The van der Waals surface area contributed by atoms with Crippen molar-refractivity contribution in [3.63, 3.8) is 0 Å². The predicted molar refractivity (Wildman–Crippen MR) is 222 cm³/mol. The van der Waals surface area contributed by atoms with Crippen LogP contribution in [-0.2, 0) is 38.1 Å². The molecule has 0 heterocycles. The molecule has 0 saturated carbocycles. The molecule has 0 aliphatic rings. The molecule has 0 aromatic carbocycles. The summed E-state index contributed by atoms with van der Waals surface area (Å²) in [6.07, 6.45) is 23.9. The van der Waals surface area contributed by atoms with Gasteiger partial charge in [0.05, 0.1) is 19.3 Å². The minimum atomic E-state index is -1.25. The zero-order chi connectivity index (χ0) is 38.4. The quantitative estimate of drug-likeness (QED) is 0.0257. The van der Waals surface area contributed by atoms with E-state index in [2.05, 4.69) is 27.4 Å². The van der Waals surface area contributed by atoms with Gasteiger partial charge in [-0.15, -0.1) is 0 Å². The number of esters is 4. The van der Waals surface area contributed by atoms with Gasteiger partial charge >= 0.3 is 23.9 Å². The molecule has 0 aromatic heterocycles. The average molecular weight is 791 g/mol. The average Bonchev–Trinajstić information content (AvgIpc) is 3.15. The summed E-state index contributed by atoms with van der Waals surface area (Å²) in [5, 5.41) is 0. The summed E-state index contributed by atoms with van der Waals surface area (Å²) >= 11 is 5.20. The second-order valence-corrected chi connectivity index (χ2v) is 17.4. The first-order chi connectivity index (χ1) is 25.3. The van der Waals surface area contributed by atoms with Crippen LogP contribution in [0.5, 0.6) is 0 Å². The van der Waals surface area contributed by atoms with E-state index in [1.165, 1.54) is 96.3 Å². The highest BCUT2D eigenvalue weighted by molar-refractivity contribution is 7.99. The van der Waals surface area contributed by atoms with Gasteiger partial charge in [0, 0.05) is 23.3 Å². The smallest absolute Gasteiger partial charge is 0.330 e. The zero-order valence-corrected chi connectivity index (χ0v) is 35.6. The first-order valence-corrected chi connectivity index (χ1v) is 23.8. The minimum absolute atomic E-state index is 0.224. The van der Waals surface area contributed by atoms with Crippen molar-refractivity contribution in [2.24, 2.45) is 5.41 Å².